The van der Waals surface area contributed by atoms with Crippen LogP contribution < -0.4 is 0 Å². The van der Waals surface area contributed by atoms with Crippen LogP contribution in [0.15, 0.2) is 35.3 Å². The molecule has 2 heteroatoms. The maximum atomic E-state index is 5.47. The van der Waals surface area contributed by atoms with Crippen molar-refractivity contribution in [3.8, 4) is 0 Å². The first-order chi connectivity index (χ1) is 6.34. The fourth-order valence-electron chi connectivity index (χ4n) is 1.46. The molecule has 0 saturated carbocycles. The molecule has 1 aromatic rings. The van der Waals surface area contributed by atoms with Gasteiger partial charge in [0.2, 0.25) is 0 Å². The molecule has 0 saturated heterocycles. The first-order valence-corrected chi connectivity index (χ1v) is 4.53. The molecule has 1 aromatic carbocycles. The van der Waals surface area contributed by atoms with Crippen LogP contribution in [0.3, 0.4) is 0 Å². The first kappa shape index (κ1) is 8.45. The number of benzene rings is 1. The van der Waals surface area contributed by atoms with E-state index in [4.69, 9.17) is 4.74 Å². The van der Waals surface area contributed by atoms with Crippen molar-refractivity contribution in [2.24, 2.45) is 4.99 Å². The highest BCUT2D eigenvalue weighted by Gasteiger charge is 2.14. The van der Waals surface area contributed by atoms with Crippen LogP contribution in [0.4, 0.5) is 0 Å². The van der Waals surface area contributed by atoms with Crippen molar-refractivity contribution in [3.05, 3.63) is 35.9 Å². The van der Waals surface area contributed by atoms with Gasteiger partial charge >= 0.3 is 0 Å². The van der Waals surface area contributed by atoms with Gasteiger partial charge in [-0.3, -0.25) is 4.99 Å². The molecule has 2 rings (SSSR count). The molecule has 13 heavy (non-hydrogen) atoms. The van der Waals surface area contributed by atoms with Gasteiger partial charge in [0, 0.05) is 12.1 Å². The summed E-state index contributed by atoms with van der Waals surface area (Å²) < 4.78 is 5.47. The molecule has 0 radical (unpaired) electrons. The van der Waals surface area contributed by atoms with Gasteiger partial charge in [0.05, 0.1) is 6.61 Å². The molecular weight excluding hydrogens is 162 g/mol. The number of ether oxygens (including phenoxy) is 1. The molecule has 1 atom stereocenters. The van der Waals surface area contributed by atoms with Crippen LogP contribution in [-0.2, 0) is 11.2 Å². The van der Waals surface area contributed by atoms with E-state index in [2.05, 4.69) is 17.1 Å². The Hall–Kier alpha value is -1.15. The Morgan fingerprint density at radius 3 is 2.77 bits per heavy atom. The van der Waals surface area contributed by atoms with Crippen LogP contribution >= 0.6 is 0 Å². The first-order valence-electron chi connectivity index (χ1n) is 4.53. The molecule has 0 N–H and O–H groups in total. The summed E-state index contributed by atoms with van der Waals surface area (Å²) >= 11 is 0. The average Bonchev–Trinajstić information content (AvgIpc) is 2.53. The summed E-state index contributed by atoms with van der Waals surface area (Å²) in [4.78, 5) is 4.38. The Balaban J connectivity index is 2.00. The van der Waals surface area contributed by atoms with E-state index in [1.54, 1.807) is 0 Å². The Morgan fingerprint density at radius 2 is 2.15 bits per heavy atom. The quantitative estimate of drug-likeness (QED) is 0.674. The van der Waals surface area contributed by atoms with Gasteiger partial charge in [0.15, 0.2) is 6.23 Å². The summed E-state index contributed by atoms with van der Waals surface area (Å²) in [5, 5.41) is 0. The third-order valence-corrected chi connectivity index (χ3v) is 2.10. The zero-order valence-corrected chi connectivity index (χ0v) is 7.73. The smallest absolute Gasteiger partial charge is 0.152 e. The minimum absolute atomic E-state index is 0.0439. The fraction of sp³-hybridized carbons (Fsp3) is 0.364. The number of nitrogens with zero attached hydrogens (tertiary/aromatic N) is 1. The van der Waals surface area contributed by atoms with E-state index >= 15 is 0 Å². The maximum absolute atomic E-state index is 5.47. The number of aliphatic imine (C=N–C) groups is 1. The van der Waals surface area contributed by atoms with Gasteiger partial charge in [0.1, 0.15) is 0 Å². The van der Waals surface area contributed by atoms with Crippen molar-refractivity contribution in [2.45, 2.75) is 19.6 Å². The van der Waals surface area contributed by atoms with Gasteiger partial charge in [-0.25, -0.2) is 0 Å². The summed E-state index contributed by atoms with van der Waals surface area (Å²) in [7, 11) is 0. The molecule has 1 heterocycles. The molecule has 68 valence electrons. The fourth-order valence-corrected chi connectivity index (χ4v) is 1.46. The lowest BCUT2D eigenvalue weighted by Crippen LogP contribution is -2.07. The SMILES string of the molecule is CC1=NC(Cc2ccccc2)OC1. The second kappa shape index (κ2) is 3.71. The van der Waals surface area contributed by atoms with E-state index in [1.165, 1.54) is 5.56 Å². The molecule has 0 fully saturated rings. The average molecular weight is 175 g/mol. The highest BCUT2D eigenvalue weighted by molar-refractivity contribution is 5.84. The van der Waals surface area contributed by atoms with Gasteiger partial charge in [0.25, 0.3) is 0 Å². The van der Waals surface area contributed by atoms with Crippen molar-refractivity contribution in [1.82, 2.24) is 0 Å². The zero-order chi connectivity index (χ0) is 9.10. The lowest BCUT2D eigenvalue weighted by Gasteiger charge is -2.06. The Morgan fingerprint density at radius 1 is 1.38 bits per heavy atom. The van der Waals surface area contributed by atoms with Gasteiger partial charge in [-0.05, 0) is 12.5 Å². The van der Waals surface area contributed by atoms with E-state index in [1.807, 2.05) is 25.1 Å². The molecule has 1 aliphatic rings. The van der Waals surface area contributed by atoms with Crippen molar-refractivity contribution >= 4 is 5.71 Å². The lowest BCUT2D eigenvalue weighted by molar-refractivity contribution is 0.109. The predicted molar refractivity (Wildman–Crippen MR) is 53.0 cm³/mol. The van der Waals surface area contributed by atoms with Crippen molar-refractivity contribution < 1.29 is 4.74 Å². The molecular formula is C11H13NO. The summed E-state index contributed by atoms with van der Waals surface area (Å²) in [6, 6.07) is 10.3. The van der Waals surface area contributed by atoms with Gasteiger partial charge in [-0.15, -0.1) is 0 Å². The molecule has 0 spiro atoms. The zero-order valence-electron chi connectivity index (χ0n) is 7.73. The van der Waals surface area contributed by atoms with Crippen LogP contribution in [0.2, 0.25) is 0 Å². The van der Waals surface area contributed by atoms with Gasteiger partial charge in [-0.1, -0.05) is 30.3 Å². The van der Waals surface area contributed by atoms with Crippen molar-refractivity contribution in [1.29, 1.82) is 0 Å². The Labute approximate surface area is 78.3 Å². The van der Waals surface area contributed by atoms with Crippen molar-refractivity contribution in [3.63, 3.8) is 0 Å². The van der Waals surface area contributed by atoms with E-state index < -0.39 is 0 Å². The minimum Gasteiger partial charge on any atom is -0.350 e. The van der Waals surface area contributed by atoms with Crippen LogP contribution in [0.5, 0.6) is 0 Å². The normalized spacial score (nSPS) is 21.6. The molecule has 0 aliphatic carbocycles. The van der Waals surface area contributed by atoms with Crippen LogP contribution in [0.1, 0.15) is 12.5 Å². The third-order valence-electron chi connectivity index (χ3n) is 2.10. The Kier molecular flexibility index (Phi) is 2.41. The molecule has 2 nitrogen and oxygen atoms in total. The Bertz CT molecular complexity index is 305. The number of hydrogen-bond acceptors (Lipinski definition) is 2. The number of rotatable bonds is 2. The van der Waals surface area contributed by atoms with Crippen LogP contribution in [0, 0.1) is 0 Å². The van der Waals surface area contributed by atoms with E-state index in [0.717, 1.165) is 12.1 Å². The van der Waals surface area contributed by atoms with E-state index in [0.29, 0.717) is 6.61 Å². The highest BCUT2D eigenvalue weighted by Crippen LogP contribution is 2.11. The molecule has 0 bridgehead atoms. The summed E-state index contributed by atoms with van der Waals surface area (Å²) in [5.41, 5.74) is 2.38. The topological polar surface area (TPSA) is 21.6 Å². The largest absolute Gasteiger partial charge is 0.350 e. The van der Waals surface area contributed by atoms with Crippen LogP contribution in [0.25, 0.3) is 0 Å². The molecule has 0 amide bonds. The predicted octanol–water partition coefficient (Wildman–Crippen LogP) is 2.05. The maximum Gasteiger partial charge on any atom is 0.152 e. The summed E-state index contributed by atoms with van der Waals surface area (Å²) in [6.45, 7) is 2.70. The highest BCUT2D eigenvalue weighted by atomic mass is 16.5. The van der Waals surface area contributed by atoms with Gasteiger partial charge in [-0.2, -0.15) is 0 Å². The van der Waals surface area contributed by atoms with Crippen molar-refractivity contribution in [2.75, 3.05) is 6.61 Å². The van der Waals surface area contributed by atoms with Gasteiger partial charge < -0.3 is 4.74 Å². The lowest BCUT2D eigenvalue weighted by atomic mass is 10.1. The monoisotopic (exact) mass is 175 g/mol. The van der Waals surface area contributed by atoms with E-state index in [9.17, 15) is 0 Å². The minimum atomic E-state index is 0.0439. The number of hydrogen-bond donors (Lipinski definition) is 0. The second-order valence-electron chi connectivity index (χ2n) is 3.32. The molecule has 1 aliphatic heterocycles. The molecule has 1 unspecified atom stereocenters. The second-order valence-corrected chi connectivity index (χ2v) is 3.32. The third kappa shape index (κ3) is 2.16. The summed E-state index contributed by atoms with van der Waals surface area (Å²) in [5.74, 6) is 0. The standard InChI is InChI=1S/C11H13NO/c1-9-8-13-11(12-9)7-10-5-3-2-4-6-10/h2-6,11H,7-8H2,1H3. The van der Waals surface area contributed by atoms with Crippen LogP contribution in [-0.4, -0.2) is 18.5 Å². The molecule has 0 aromatic heterocycles. The van der Waals surface area contributed by atoms with E-state index in [-0.39, 0.29) is 6.23 Å². The summed E-state index contributed by atoms with van der Waals surface area (Å²) in [6.07, 6.45) is 0.931.